The van der Waals surface area contributed by atoms with Crippen molar-refractivity contribution >= 4 is 10.0 Å². The lowest BCUT2D eigenvalue weighted by molar-refractivity contribution is 0.352. The molecular weight excluding hydrogens is 242 g/mol. The van der Waals surface area contributed by atoms with E-state index < -0.39 is 10.0 Å². The Morgan fingerprint density at radius 2 is 2.06 bits per heavy atom. The van der Waals surface area contributed by atoms with E-state index in [9.17, 15) is 8.42 Å². The largest absolute Gasteiger partial charge is 0.489 e. The van der Waals surface area contributed by atoms with Gasteiger partial charge in [0, 0.05) is 9.43 Å². The molecule has 0 spiro atoms. The molecule has 0 radical (unpaired) electrons. The highest BCUT2D eigenvalue weighted by Gasteiger charge is 2.11. The highest BCUT2D eigenvalue weighted by molar-refractivity contribution is 7.90. The Bertz CT molecular complexity index is 557. The van der Waals surface area contributed by atoms with Gasteiger partial charge in [-0.25, -0.2) is 8.42 Å². The molecule has 0 aliphatic heterocycles. The number of benzene rings is 1. The fourth-order valence-corrected chi connectivity index (χ4v) is 1.68. The van der Waals surface area contributed by atoms with Crippen molar-refractivity contribution < 1.29 is 13.2 Å². The van der Waals surface area contributed by atoms with Crippen LogP contribution in [0.4, 0.5) is 0 Å². The Hall–Kier alpha value is -1.98. The van der Waals surface area contributed by atoms with E-state index in [2.05, 4.69) is 16.0 Å². The molecule has 0 fully saturated rings. The van der Waals surface area contributed by atoms with Gasteiger partial charge in [-0.15, -0.1) is 0 Å². The van der Waals surface area contributed by atoms with Crippen LogP contribution in [0.2, 0.25) is 0 Å². The lowest BCUT2D eigenvalue weighted by Gasteiger charge is -2.05. The highest BCUT2D eigenvalue weighted by Crippen LogP contribution is 2.18. The standard InChI is InChI=1S/C10H11N3O3S/c1-8(2)7-16-9-3-5-10(6-4-9)17(14,15)13-12-11/h3-6H,1,7H2,2H3. The van der Waals surface area contributed by atoms with Gasteiger partial charge in [0.05, 0.1) is 4.90 Å². The van der Waals surface area contributed by atoms with Crippen molar-refractivity contribution in [1.82, 2.24) is 0 Å². The number of azide groups is 1. The normalized spacial score (nSPS) is 10.4. The summed E-state index contributed by atoms with van der Waals surface area (Å²) in [5.74, 6) is 0.521. The number of hydrogen-bond donors (Lipinski definition) is 0. The van der Waals surface area contributed by atoms with E-state index in [0.717, 1.165) is 5.57 Å². The molecule has 0 heterocycles. The van der Waals surface area contributed by atoms with E-state index in [1.165, 1.54) is 24.3 Å². The molecule has 17 heavy (non-hydrogen) atoms. The molecule has 6 nitrogen and oxygen atoms in total. The van der Waals surface area contributed by atoms with Crippen molar-refractivity contribution in [3.8, 4) is 5.75 Å². The lowest BCUT2D eigenvalue weighted by Crippen LogP contribution is -1.99. The molecule has 0 atom stereocenters. The SMILES string of the molecule is C=C(C)COc1ccc(S(=O)(=O)N=[N+]=[N-])cc1. The van der Waals surface area contributed by atoms with E-state index in [-0.39, 0.29) is 4.90 Å². The van der Waals surface area contributed by atoms with Gasteiger partial charge >= 0.3 is 0 Å². The smallest absolute Gasteiger partial charge is 0.264 e. The molecule has 0 aliphatic carbocycles. The molecule has 0 bridgehead atoms. The van der Waals surface area contributed by atoms with Gasteiger partial charge in [-0.3, -0.25) is 0 Å². The minimum Gasteiger partial charge on any atom is -0.489 e. The molecule has 0 N–H and O–H groups in total. The van der Waals surface area contributed by atoms with E-state index in [0.29, 0.717) is 12.4 Å². The zero-order valence-corrected chi connectivity index (χ0v) is 10.0. The van der Waals surface area contributed by atoms with Crippen LogP contribution in [0.5, 0.6) is 5.75 Å². The fraction of sp³-hybridized carbons (Fsp3) is 0.200. The predicted octanol–water partition coefficient (Wildman–Crippen LogP) is 2.64. The van der Waals surface area contributed by atoms with Crippen LogP contribution in [0, 0.1) is 0 Å². The van der Waals surface area contributed by atoms with Crippen LogP contribution in [0.1, 0.15) is 6.92 Å². The average molecular weight is 253 g/mol. The molecule has 0 amide bonds. The molecule has 1 aromatic rings. The summed E-state index contributed by atoms with van der Waals surface area (Å²) in [4.78, 5) is 2.19. The van der Waals surface area contributed by atoms with E-state index in [4.69, 9.17) is 10.3 Å². The minimum absolute atomic E-state index is 0.0713. The third-order valence-electron chi connectivity index (χ3n) is 1.75. The van der Waals surface area contributed by atoms with Gasteiger partial charge < -0.3 is 4.74 Å². The van der Waals surface area contributed by atoms with Crippen LogP contribution in [0.15, 0.2) is 45.8 Å². The molecule has 0 aromatic heterocycles. The molecule has 7 heteroatoms. The summed E-state index contributed by atoms with van der Waals surface area (Å²) in [5.41, 5.74) is 8.97. The van der Waals surface area contributed by atoms with E-state index in [1.54, 1.807) is 0 Å². The lowest BCUT2D eigenvalue weighted by atomic mass is 10.3. The number of sulfonamides is 1. The Morgan fingerprint density at radius 1 is 1.47 bits per heavy atom. The van der Waals surface area contributed by atoms with E-state index in [1.807, 2.05) is 6.92 Å². The first kappa shape index (κ1) is 13.1. The third-order valence-corrected chi connectivity index (χ3v) is 2.91. The van der Waals surface area contributed by atoms with Crippen molar-refractivity contribution in [2.75, 3.05) is 6.61 Å². The summed E-state index contributed by atoms with van der Waals surface area (Å²) in [6, 6.07) is 5.61. The minimum atomic E-state index is -3.92. The quantitative estimate of drug-likeness (QED) is 0.349. The van der Waals surface area contributed by atoms with Crippen LogP contribution in [0.3, 0.4) is 0 Å². The van der Waals surface area contributed by atoms with Crippen LogP contribution in [-0.4, -0.2) is 15.0 Å². The monoisotopic (exact) mass is 253 g/mol. The summed E-state index contributed by atoms with van der Waals surface area (Å²) < 4.78 is 30.7. The van der Waals surface area contributed by atoms with Gasteiger partial charge in [0.2, 0.25) is 0 Å². The maximum Gasteiger partial charge on any atom is 0.264 e. The van der Waals surface area contributed by atoms with Crippen molar-refractivity contribution in [2.45, 2.75) is 11.8 Å². The molecule has 0 saturated heterocycles. The molecule has 90 valence electrons. The van der Waals surface area contributed by atoms with Crippen LogP contribution in [-0.2, 0) is 10.0 Å². The number of nitrogens with zero attached hydrogens (tertiary/aromatic N) is 3. The Kier molecular flexibility index (Phi) is 4.14. The van der Waals surface area contributed by atoms with Crippen LogP contribution < -0.4 is 4.74 Å². The molecule has 0 aliphatic rings. The molecular formula is C10H11N3O3S. The molecule has 1 rings (SSSR count). The van der Waals surface area contributed by atoms with Crippen molar-refractivity contribution in [2.24, 2.45) is 4.52 Å². The summed E-state index contributed by atoms with van der Waals surface area (Å²) in [6.45, 7) is 5.86. The van der Waals surface area contributed by atoms with Gasteiger partial charge in [0.25, 0.3) is 10.0 Å². The topological polar surface area (TPSA) is 92.1 Å². The summed E-state index contributed by atoms with van der Waals surface area (Å²) in [7, 11) is -3.92. The second kappa shape index (κ2) is 5.38. The Morgan fingerprint density at radius 3 is 2.53 bits per heavy atom. The molecule has 1 aromatic carbocycles. The van der Waals surface area contributed by atoms with Crippen molar-refractivity contribution in [1.29, 1.82) is 0 Å². The average Bonchev–Trinajstić information content (AvgIpc) is 2.27. The third kappa shape index (κ3) is 3.82. The number of ether oxygens (including phenoxy) is 1. The highest BCUT2D eigenvalue weighted by atomic mass is 32.2. The maximum atomic E-state index is 11.3. The summed E-state index contributed by atoms with van der Waals surface area (Å²) in [5, 5.41) is 0. The zero-order chi connectivity index (χ0) is 12.9. The van der Waals surface area contributed by atoms with Crippen molar-refractivity contribution in [3.63, 3.8) is 0 Å². The Labute approximate surface area is 99.2 Å². The second-order valence-electron chi connectivity index (χ2n) is 3.36. The zero-order valence-electron chi connectivity index (χ0n) is 9.20. The summed E-state index contributed by atoms with van der Waals surface area (Å²) >= 11 is 0. The van der Waals surface area contributed by atoms with Gasteiger partial charge in [0.15, 0.2) is 0 Å². The molecule has 0 unspecified atom stereocenters. The maximum absolute atomic E-state index is 11.3. The van der Waals surface area contributed by atoms with Crippen LogP contribution >= 0.6 is 0 Å². The Balaban J connectivity index is 2.88. The van der Waals surface area contributed by atoms with Crippen molar-refractivity contribution in [3.05, 3.63) is 46.9 Å². The first-order chi connectivity index (χ1) is 7.95. The van der Waals surface area contributed by atoms with Gasteiger partial charge in [-0.2, -0.15) is 0 Å². The van der Waals surface area contributed by atoms with Gasteiger partial charge in [-0.1, -0.05) is 6.58 Å². The van der Waals surface area contributed by atoms with Gasteiger partial charge in [0.1, 0.15) is 12.4 Å². The molecule has 0 saturated carbocycles. The summed E-state index contributed by atoms with van der Waals surface area (Å²) in [6.07, 6.45) is 0. The first-order valence-corrected chi connectivity index (χ1v) is 6.08. The predicted molar refractivity (Wildman–Crippen MR) is 63.1 cm³/mol. The first-order valence-electron chi connectivity index (χ1n) is 4.64. The van der Waals surface area contributed by atoms with Gasteiger partial charge in [-0.05, 0) is 42.3 Å². The van der Waals surface area contributed by atoms with E-state index >= 15 is 0 Å². The second-order valence-corrected chi connectivity index (χ2v) is 4.95. The number of hydrogen-bond acceptors (Lipinski definition) is 3. The van der Waals surface area contributed by atoms with Crippen LogP contribution in [0.25, 0.3) is 10.4 Å². The fourth-order valence-electron chi connectivity index (χ4n) is 1.01. The number of rotatable bonds is 5.